The molecular weight excluding hydrogens is 240 g/mol. The Labute approximate surface area is 111 Å². The molecule has 0 radical (unpaired) electrons. The summed E-state index contributed by atoms with van der Waals surface area (Å²) in [6, 6.07) is 8.10. The van der Waals surface area contributed by atoms with E-state index in [2.05, 4.69) is 26.9 Å². The van der Waals surface area contributed by atoms with Crippen LogP contribution in [-0.4, -0.2) is 22.6 Å². The molecule has 5 nitrogen and oxygen atoms in total. The number of benzene rings is 1. The smallest absolute Gasteiger partial charge is 0.230 e. The van der Waals surface area contributed by atoms with Crippen LogP contribution in [0.2, 0.25) is 0 Å². The summed E-state index contributed by atoms with van der Waals surface area (Å²) >= 11 is 0. The molecular formula is C14H16N4O. The van der Waals surface area contributed by atoms with Crippen LogP contribution in [0.1, 0.15) is 11.1 Å². The van der Waals surface area contributed by atoms with Gasteiger partial charge in [0.15, 0.2) is 0 Å². The number of hydrogen-bond acceptors (Lipinski definition) is 3. The number of nitrogens with one attached hydrogen (secondary N) is 3. The van der Waals surface area contributed by atoms with E-state index in [-0.39, 0.29) is 11.8 Å². The predicted molar refractivity (Wildman–Crippen MR) is 74.1 cm³/mol. The van der Waals surface area contributed by atoms with Gasteiger partial charge in [-0.3, -0.25) is 9.89 Å². The molecule has 0 spiro atoms. The van der Waals surface area contributed by atoms with Crippen LogP contribution in [0.4, 0.5) is 11.5 Å². The number of carbonyl (C=O) groups is 1. The van der Waals surface area contributed by atoms with Crippen LogP contribution in [0, 0.1) is 12.8 Å². The van der Waals surface area contributed by atoms with Crippen LogP contribution in [0.25, 0.3) is 0 Å². The molecule has 1 unspecified atom stereocenters. The summed E-state index contributed by atoms with van der Waals surface area (Å²) < 4.78 is 0. The Kier molecular flexibility index (Phi) is 2.95. The second-order valence-corrected chi connectivity index (χ2v) is 4.86. The van der Waals surface area contributed by atoms with Gasteiger partial charge in [0, 0.05) is 17.8 Å². The Bertz CT molecular complexity index is 605. The summed E-state index contributed by atoms with van der Waals surface area (Å²) in [6.07, 6.45) is 2.46. The maximum Gasteiger partial charge on any atom is 0.230 e. The number of para-hydroxylation sites is 1. The average molecular weight is 256 g/mol. The summed E-state index contributed by atoms with van der Waals surface area (Å²) in [5, 5.41) is 12.9. The van der Waals surface area contributed by atoms with E-state index in [4.69, 9.17) is 0 Å². The predicted octanol–water partition coefficient (Wildman–Crippen LogP) is 1.94. The van der Waals surface area contributed by atoms with Gasteiger partial charge in [-0.2, -0.15) is 5.10 Å². The zero-order valence-electron chi connectivity index (χ0n) is 10.7. The first kappa shape index (κ1) is 11.8. The summed E-state index contributed by atoms with van der Waals surface area (Å²) in [4.78, 5) is 12.2. The minimum absolute atomic E-state index is 0.0225. The van der Waals surface area contributed by atoms with E-state index in [1.54, 1.807) is 6.20 Å². The highest BCUT2D eigenvalue weighted by Crippen LogP contribution is 2.25. The molecule has 1 aliphatic rings. The number of carbonyl (C=O) groups excluding carboxylic acids is 1. The van der Waals surface area contributed by atoms with Crippen LogP contribution in [-0.2, 0) is 11.2 Å². The van der Waals surface area contributed by atoms with Gasteiger partial charge in [0.1, 0.15) is 5.82 Å². The highest BCUT2D eigenvalue weighted by molar-refractivity contribution is 5.93. The Balaban J connectivity index is 1.71. The second-order valence-electron chi connectivity index (χ2n) is 4.86. The fraction of sp³-hybridized carbons (Fsp3) is 0.286. The zero-order valence-corrected chi connectivity index (χ0v) is 10.7. The minimum atomic E-state index is -0.0578. The maximum atomic E-state index is 12.2. The van der Waals surface area contributed by atoms with Gasteiger partial charge in [-0.1, -0.05) is 18.2 Å². The number of rotatable bonds is 2. The molecule has 2 aromatic rings. The molecule has 0 fully saturated rings. The number of anilines is 2. The van der Waals surface area contributed by atoms with Gasteiger partial charge in [-0.05, 0) is 25.0 Å². The lowest BCUT2D eigenvalue weighted by Gasteiger charge is -2.25. The molecule has 0 aliphatic carbocycles. The molecule has 1 aromatic heterocycles. The first-order valence-corrected chi connectivity index (χ1v) is 6.36. The second kappa shape index (κ2) is 4.76. The maximum absolute atomic E-state index is 12.2. The lowest BCUT2D eigenvalue weighted by Crippen LogP contribution is -2.34. The SMILES string of the molecule is Cc1cn[nH]c1NC(=O)C1CNc2ccccc2C1. The molecule has 3 rings (SSSR count). The van der Waals surface area contributed by atoms with Crippen molar-refractivity contribution in [2.24, 2.45) is 5.92 Å². The number of aryl methyl sites for hydroxylation is 1. The van der Waals surface area contributed by atoms with E-state index in [9.17, 15) is 4.79 Å². The number of fused-ring (bicyclic) bond motifs is 1. The zero-order chi connectivity index (χ0) is 13.2. The number of hydrogen-bond donors (Lipinski definition) is 3. The molecule has 2 heterocycles. The molecule has 19 heavy (non-hydrogen) atoms. The molecule has 1 amide bonds. The monoisotopic (exact) mass is 256 g/mol. The van der Waals surface area contributed by atoms with E-state index in [0.717, 1.165) is 17.7 Å². The van der Waals surface area contributed by atoms with E-state index >= 15 is 0 Å². The molecule has 3 N–H and O–H groups in total. The fourth-order valence-electron chi connectivity index (χ4n) is 2.33. The fourth-order valence-corrected chi connectivity index (χ4v) is 2.33. The first-order valence-electron chi connectivity index (χ1n) is 6.36. The molecule has 0 saturated carbocycles. The van der Waals surface area contributed by atoms with Gasteiger partial charge in [0.25, 0.3) is 0 Å². The molecule has 0 saturated heterocycles. The molecule has 98 valence electrons. The highest BCUT2D eigenvalue weighted by atomic mass is 16.2. The quantitative estimate of drug-likeness (QED) is 0.769. The van der Waals surface area contributed by atoms with E-state index in [1.807, 2.05) is 25.1 Å². The Morgan fingerprint density at radius 3 is 3.05 bits per heavy atom. The standard InChI is InChI=1S/C14H16N4O/c1-9-7-16-18-13(9)17-14(19)11-6-10-4-2-3-5-12(10)15-8-11/h2-5,7,11,15H,6,8H2,1H3,(H2,16,17,18,19). The molecule has 1 atom stereocenters. The van der Waals surface area contributed by atoms with Crippen LogP contribution in [0.15, 0.2) is 30.5 Å². The largest absolute Gasteiger partial charge is 0.384 e. The van der Waals surface area contributed by atoms with Gasteiger partial charge < -0.3 is 10.6 Å². The Hall–Kier alpha value is -2.30. The highest BCUT2D eigenvalue weighted by Gasteiger charge is 2.24. The van der Waals surface area contributed by atoms with E-state index < -0.39 is 0 Å². The van der Waals surface area contributed by atoms with E-state index in [0.29, 0.717) is 12.4 Å². The van der Waals surface area contributed by atoms with Crippen molar-refractivity contribution in [2.75, 3.05) is 17.2 Å². The van der Waals surface area contributed by atoms with Gasteiger partial charge in [-0.25, -0.2) is 0 Å². The number of amides is 1. The van der Waals surface area contributed by atoms with Crippen molar-refractivity contribution >= 4 is 17.4 Å². The van der Waals surface area contributed by atoms with Gasteiger partial charge in [0.05, 0.1) is 12.1 Å². The van der Waals surface area contributed by atoms with Crippen molar-refractivity contribution in [3.63, 3.8) is 0 Å². The summed E-state index contributed by atoms with van der Waals surface area (Å²) in [5.41, 5.74) is 3.26. The average Bonchev–Trinajstić information content (AvgIpc) is 2.84. The van der Waals surface area contributed by atoms with E-state index in [1.165, 1.54) is 5.56 Å². The lowest BCUT2D eigenvalue weighted by molar-refractivity contribution is -0.119. The summed E-state index contributed by atoms with van der Waals surface area (Å²) in [7, 11) is 0. The van der Waals surface area contributed by atoms with Crippen molar-refractivity contribution in [2.45, 2.75) is 13.3 Å². The molecule has 1 aromatic carbocycles. The van der Waals surface area contributed by atoms with Crippen LogP contribution in [0.3, 0.4) is 0 Å². The number of H-pyrrole nitrogens is 1. The Morgan fingerprint density at radius 1 is 1.42 bits per heavy atom. The topological polar surface area (TPSA) is 69.8 Å². The van der Waals surface area contributed by atoms with Gasteiger partial charge in [0.2, 0.25) is 5.91 Å². The molecule has 5 heteroatoms. The number of aromatic nitrogens is 2. The summed E-state index contributed by atoms with van der Waals surface area (Å²) in [5.74, 6) is 0.649. The van der Waals surface area contributed by atoms with Gasteiger partial charge >= 0.3 is 0 Å². The summed E-state index contributed by atoms with van der Waals surface area (Å²) in [6.45, 7) is 2.57. The lowest BCUT2D eigenvalue weighted by atomic mass is 9.93. The van der Waals surface area contributed by atoms with Crippen molar-refractivity contribution in [1.82, 2.24) is 10.2 Å². The van der Waals surface area contributed by atoms with Crippen molar-refractivity contribution in [3.05, 3.63) is 41.6 Å². The van der Waals surface area contributed by atoms with Crippen LogP contribution in [0.5, 0.6) is 0 Å². The normalized spacial score (nSPS) is 17.4. The van der Waals surface area contributed by atoms with Crippen LogP contribution >= 0.6 is 0 Å². The van der Waals surface area contributed by atoms with Crippen molar-refractivity contribution in [3.8, 4) is 0 Å². The number of aromatic amines is 1. The third kappa shape index (κ3) is 2.31. The van der Waals surface area contributed by atoms with Crippen molar-refractivity contribution < 1.29 is 4.79 Å². The minimum Gasteiger partial charge on any atom is -0.384 e. The third-order valence-electron chi connectivity index (χ3n) is 3.47. The molecule has 0 bridgehead atoms. The first-order chi connectivity index (χ1) is 9.24. The third-order valence-corrected chi connectivity index (χ3v) is 3.47. The van der Waals surface area contributed by atoms with Crippen molar-refractivity contribution in [1.29, 1.82) is 0 Å². The molecule has 1 aliphatic heterocycles. The number of nitrogens with zero attached hydrogens (tertiary/aromatic N) is 1. The van der Waals surface area contributed by atoms with Crippen LogP contribution < -0.4 is 10.6 Å². The Morgan fingerprint density at radius 2 is 2.26 bits per heavy atom. The van der Waals surface area contributed by atoms with Gasteiger partial charge in [-0.15, -0.1) is 0 Å².